The van der Waals surface area contributed by atoms with Crippen molar-refractivity contribution in [3.63, 3.8) is 0 Å². The van der Waals surface area contributed by atoms with Crippen LogP contribution in [0.4, 0.5) is 0 Å². The molecule has 0 bridgehead atoms. The maximum atomic E-state index is 5.84. The van der Waals surface area contributed by atoms with Gasteiger partial charge in [0.2, 0.25) is 0 Å². The molecule has 2 N–H and O–H groups in total. The average molecular weight is 276 g/mol. The predicted octanol–water partition coefficient (Wildman–Crippen LogP) is 3.18. The van der Waals surface area contributed by atoms with E-state index in [-0.39, 0.29) is 0 Å². The van der Waals surface area contributed by atoms with Crippen LogP contribution in [-0.4, -0.2) is 31.1 Å². The standard InChI is InChI=1S/C17H28N2O/c1-19(16-8-4-2-3-5-9-16)11-12-20-17-10-6-7-15(13-17)14-18/h6-7,10,13,16H,2-5,8-9,11-12,14,18H2,1H3. The first-order valence-electron chi connectivity index (χ1n) is 7.91. The van der Waals surface area contributed by atoms with Gasteiger partial charge in [-0.15, -0.1) is 0 Å². The first-order chi connectivity index (χ1) is 9.79. The van der Waals surface area contributed by atoms with Gasteiger partial charge in [0.05, 0.1) is 0 Å². The van der Waals surface area contributed by atoms with Crippen LogP contribution >= 0.6 is 0 Å². The first kappa shape index (κ1) is 15.3. The zero-order valence-electron chi connectivity index (χ0n) is 12.7. The minimum atomic E-state index is 0.569. The molecule has 0 aromatic heterocycles. The molecule has 3 heteroatoms. The molecule has 112 valence electrons. The van der Waals surface area contributed by atoms with Crippen LogP contribution in [0.1, 0.15) is 44.1 Å². The summed E-state index contributed by atoms with van der Waals surface area (Å²) in [7, 11) is 2.23. The van der Waals surface area contributed by atoms with E-state index in [9.17, 15) is 0 Å². The second kappa shape index (κ2) is 8.28. The number of likely N-dealkylation sites (N-methyl/N-ethyl adjacent to an activating group) is 1. The highest BCUT2D eigenvalue weighted by molar-refractivity contribution is 5.28. The van der Waals surface area contributed by atoms with E-state index in [0.29, 0.717) is 6.54 Å². The Morgan fingerprint density at radius 1 is 1.20 bits per heavy atom. The van der Waals surface area contributed by atoms with Crippen molar-refractivity contribution in [1.29, 1.82) is 0 Å². The molecular formula is C17H28N2O. The molecule has 0 unspecified atom stereocenters. The van der Waals surface area contributed by atoms with Gasteiger partial charge in [-0.1, -0.05) is 37.8 Å². The lowest BCUT2D eigenvalue weighted by Crippen LogP contribution is -2.34. The molecule has 1 saturated carbocycles. The monoisotopic (exact) mass is 276 g/mol. The van der Waals surface area contributed by atoms with Crippen LogP contribution in [0.25, 0.3) is 0 Å². The van der Waals surface area contributed by atoms with Crippen molar-refractivity contribution in [3.8, 4) is 5.75 Å². The summed E-state index contributed by atoms with van der Waals surface area (Å²) in [6.07, 6.45) is 8.28. The molecule has 1 aliphatic carbocycles. The second-order valence-corrected chi connectivity index (χ2v) is 5.83. The van der Waals surface area contributed by atoms with E-state index in [2.05, 4.69) is 11.9 Å². The smallest absolute Gasteiger partial charge is 0.119 e. The molecule has 0 spiro atoms. The first-order valence-corrected chi connectivity index (χ1v) is 7.91. The van der Waals surface area contributed by atoms with E-state index in [4.69, 9.17) is 10.5 Å². The molecule has 2 rings (SSSR count). The van der Waals surface area contributed by atoms with Crippen LogP contribution in [0, 0.1) is 0 Å². The van der Waals surface area contributed by atoms with Crippen LogP contribution in [0.15, 0.2) is 24.3 Å². The minimum Gasteiger partial charge on any atom is -0.492 e. The van der Waals surface area contributed by atoms with Crippen molar-refractivity contribution in [2.24, 2.45) is 5.73 Å². The second-order valence-electron chi connectivity index (χ2n) is 5.83. The van der Waals surface area contributed by atoms with Crippen molar-refractivity contribution in [3.05, 3.63) is 29.8 Å². The quantitative estimate of drug-likeness (QED) is 0.811. The molecule has 0 heterocycles. The topological polar surface area (TPSA) is 38.5 Å². The van der Waals surface area contributed by atoms with Crippen LogP contribution in [0.3, 0.4) is 0 Å². The van der Waals surface area contributed by atoms with Crippen molar-refractivity contribution >= 4 is 0 Å². The summed E-state index contributed by atoms with van der Waals surface area (Å²) >= 11 is 0. The Kier molecular flexibility index (Phi) is 6.34. The Balaban J connectivity index is 1.73. The highest BCUT2D eigenvalue weighted by atomic mass is 16.5. The lowest BCUT2D eigenvalue weighted by atomic mass is 10.1. The largest absolute Gasteiger partial charge is 0.492 e. The van der Waals surface area contributed by atoms with Gasteiger partial charge in [-0.2, -0.15) is 0 Å². The lowest BCUT2D eigenvalue weighted by Gasteiger charge is -2.26. The third kappa shape index (κ3) is 4.80. The van der Waals surface area contributed by atoms with Crippen molar-refractivity contribution in [2.75, 3.05) is 20.2 Å². The number of rotatable bonds is 6. The number of benzene rings is 1. The third-order valence-corrected chi connectivity index (χ3v) is 4.29. The normalized spacial score (nSPS) is 17.1. The molecule has 20 heavy (non-hydrogen) atoms. The van der Waals surface area contributed by atoms with Gasteiger partial charge in [0.15, 0.2) is 0 Å². The number of hydrogen-bond acceptors (Lipinski definition) is 3. The van der Waals surface area contributed by atoms with Crippen molar-refractivity contribution in [1.82, 2.24) is 4.90 Å². The van der Waals surface area contributed by atoms with E-state index in [1.165, 1.54) is 38.5 Å². The molecule has 0 aliphatic heterocycles. The van der Waals surface area contributed by atoms with Crippen LogP contribution < -0.4 is 10.5 Å². The minimum absolute atomic E-state index is 0.569. The third-order valence-electron chi connectivity index (χ3n) is 4.29. The molecule has 0 atom stereocenters. The number of ether oxygens (including phenoxy) is 1. The molecule has 0 saturated heterocycles. The molecule has 1 fully saturated rings. The van der Waals surface area contributed by atoms with Gasteiger partial charge in [-0.05, 0) is 37.6 Å². The van der Waals surface area contributed by atoms with Crippen LogP contribution in [0.2, 0.25) is 0 Å². The molecule has 0 radical (unpaired) electrons. The van der Waals surface area contributed by atoms with E-state index in [0.717, 1.165) is 30.5 Å². The number of nitrogens with zero attached hydrogens (tertiary/aromatic N) is 1. The Hall–Kier alpha value is -1.06. The fourth-order valence-corrected chi connectivity index (χ4v) is 2.95. The summed E-state index contributed by atoms with van der Waals surface area (Å²) in [6.45, 7) is 2.32. The van der Waals surface area contributed by atoms with E-state index >= 15 is 0 Å². The summed E-state index contributed by atoms with van der Waals surface area (Å²) < 4.78 is 5.84. The highest BCUT2D eigenvalue weighted by Crippen LogP contribution is 2.21. The fourth-order valence-electron chi connectivity index (χ4n) is 2.95. The van der Waals surface area contributed by atoms with Crippen molar-refractivity contribution < 1.29 is 4.74 Å². The zero-order valence-corrected chi connectivity index (χ0v) is 12.7. The average Bonchev–Trinajstić information content (AvgIpc) is 2.76. The Bertz CT molecular complexity index is 386. The van der Waals surface area contributed by atoms with Gasteiger partial charge in [0, 0.05) is 19.1 Å². The Morgan fingerprint density at radius 2 is 1.95 bits per heavy atom. The molecule has 1 aliphatic rings. The van der Waals surface area contributed by atoms with Gasteiger partial charge >= 0.3 is 0 Å². The predicted molar refractivity (Wildman–Crippen MR) is 83.9 cm³/mol. The number of hydrogen-bond donors (Lipinski definition) is 1. The lowest BCUT2D eigenvalue weighted by molar-refractivity contribution is 0.178. The van der Waals surface area contributed by atoms with Crippen LogP contribution in [-0.2, 0) is 6.54 Å². The maximum Gasteiger partial charge on any atom is 0.119 e. The SMILES string of the molecule is CN(CCOc1cccc(CN)c1)C1CCCCCC1. The van der Waals surface area contributed by atoms with E-state index < -0.39 is 0 Å². The molecule has 3 nitrogen and oxygen atoms in total. The summed E-state index contributed by atoms with van der Waals surface area (Å²) in [5, 5.41) is 0. The van der Waals surface area contributed by atoms with E-state index in [1.807, 2.05) is 24.3 Å². The van der Waals surface area contributed by atoms with Gasteiger partial charge in [-0.3, -0.25) is 0 Å². The highest BCUT2D eigenvalue weighted by Gasteiger charge is 2.16. The molecule has 0 amide bonds. The summed E-state index contributed by atoms with van der Waals surface area (Å²) in [5.74, 6) is 0.933. The van der Waals surface area contributed by atoms with Crippen LogP contribution in [0.5, 0.6) is 5.75 Å². The maximum absolute atomic E-state index is 5.84. The summed E-state index contributed by atoms with van der Waals surface area (Å²) in [5.41, 5.74) is 6.77. The van der Waals surface area contributed by atoms with Gasteiger partial charge in [0.25, 0.3) is 0 Å². The van der Waals surface area contributed by atoms with Gasteiger partial charge < -0.3 is 15.4 Å². The Labute approximate surface area is 123 Å². The molecule has 1 aromatic carbocycles. The van der Waals surface area contributed by atoms with Gasteiger partial charge in [-0.25, -0.2) is 0 Å². The summed E-state index contributed by atoms with van der Waals surface area (Å²) in [6, 6.07) is 8.82. The fraction of sp³-hybridized carbons (Fsp3) is 0.647. The van der Waals surface area contributed by atoms with Crippen molar-refractivity contribution in [2.45, 2.75) is 51.1 Å². The zero-order chi connectivity index (χ0) is 14.2. The molecular weight excluding hydrogens is 248 g/mol. The van der Waals surface area contributed by atoms with E-state index in [1.54, 1.807) is 0 Å². The summed E-state index contributed by atoms with van der Waals surface area (Å²) in [4.78, 5) is 2.47. The molecule has 1 aromatic rings. The number of nitrogens with two attached hydrogens (primary N) is 1. The van der Waals surface area contributed by atoms with Gasteiger partial charge in [0.1, 0.15) is 12.4 Å². The Morgan fingerprint density at radius 3 is 2.65 bits per heavy atom.